The highest BCUT2D eigenvalue weighted by Crippen LogP contribution is 2.25. The van der Waals surface area contributed by atoms with Gasteiger partial charge >= 0.3 is 0 Å². The van der Waals surface area contributed by atoms with Gasteiger partial charge in [0.25, 0.3) is 5.91 Å². The topological polar surface area (TPSA) is 68.9 Å². The second-order valence-corrected chi connectivity index (χ2v) is 8.70. The molecule has 3 aromatic rings. The first kappa shape index (κ1) is 22.5. The van der Waals surface area contributed by atoms with Crippen molar-refractivity contribution in [2.45, 2.75) is 6.04 Å². The van der Waals surface area contributed by atoms with Crippen LogP contribution < -0.4 is 10.5 Å². The molecular formula is C25H26F2N4O3. The van der Waals surface area contributed by atoms with Gasteiger partial charge in [0.15, 0.2) is 11.6 Å². The summed E-state index contributed by atoms with van der Waals surface area (Å²) in [4.78, 5) is 34.8. The number of carbonyl (C=O) groups is 1. The van der Waals surface area contributed by atoms with Crippen molar-refractivity contribution in [3.8, 4) is 0 Å². The first-order chi connectivity index (χ1) is 16.5. The molecule has 178 valence electrons. The van der Waals surface area contributed by atoms with E-state index in [-0.39, 0.29) is 17.5 Å². The summed E-state index contributed by atoms with van der Waals surface area (Å²) in [7, 11) is 0. The Hall–Kier alpha value is -3.30. The Kier molecular flexibility index (Phi) is 6.30. The number of aromatic amines is 1. The number of hydrogen-bond donors (Lipinski definition) is 1. The van der Waals surface area contributed by atoms with Crippen LogP contribution in [0.4, 0.5) is 14.5 Å². The number of piperazine rings is 1. The minimum Gasteiger partial charge on any atom is -0.379 e. The highest BCUT2D eigenvalue weighted by molar-refractivity contribution is 6.06. The molecule has 1 amide bonds. The summed E-state index contributed by atoms with van der Waals surface area (Å²) in [6, 6.07) is 12.3. The van der Waals surface area contributed by atoms with Gasteiger partial charge in [-0.25, -0.2) is 8.78 Å². The van der Waals surface area contributed by atoms with E-state index >= 15 is 0 Å². The molecule has 0 aliphatic carbocycles. The van der Waals surface area contributed by atoms with Crippen LogP contribution in [0.5, 0.6) is 0 Å². The average Bonchev–Trinajstić information content (AvgIpc) is 2.85. The van der Waals surface area contributed by atoms with E-state index in [4.69, 9.17) is 4.74 Å². The number of anilines is 1. The summed E-state index contributed by atoms with van der Waals surface area (Å²) >= 11 is 0. The van der Waals surface area contributed by atoms with E-state index in [1.54, 1.807) is 12.1 Å². The van der Waals surface area contributed by atoms with Crippen LogP contribution >= 0.6 is 0 Å². The predicted molar refractivity (Wildman–Crippen MR) is 125 cm³/mol. The van der Waals surface area contributed by atoms with E-state index in [0.717, 1.165) is 19.2 Å². The first-order valence-electron chi connectivity index (χ1n) is 11.4. The Morgan fingerprint density at radius 2 is 1.79 bits per heavy atom. The zero-order valence-electron chi connectivity index (χ0n) is 18.7. The molecule has 5 rings (SSSR count). The summed E-state index contributed by atoms with van der Waals surface area (Å²) in [6.07, 6.45) is 0. The second kappa shape index (κ2) is 9.52. The molecule has 3 heterocycles. The van der Waals surface area contributed by atoms with Gasteiger partial charge in [-0.1, -0.05) is 18.2 Å². The second-order valence-electron chi connectivity index (χ2n) is 8.70. The SMILES string of the molecule is O=C(c1cc(=O)[nH]c2ccccc12)N1CCN(c2ccc(F)c(F)c2)CC1CN1CCOCC1. The number of para-hydroxylation sites is 1. The Bertz CT molecular complexity index is 1260. The molecule has 0 bridgehead atoms. The summed E-state index contributed by atoms with van der Waals surface area (Å²) in [5.74, 6) is -1.98. The Morgan fingerprint density at radius 3 is 2.59 bits per heavy atom. The fourth-order valence-electron chi connectivity index (χ4n) is 4.81. The predicted octanol–water partition coefficient (Wildman–Crippen LogP) is 2.47. The van der Waals surface area contributed by atoms with Crippen molar-refractivity contribution in [2.75, 3.05) is 57.4 Å². The maximum Gasteiger partial charge on any atom is 0.255 e. The molecule has 0 saturated carbocycles. The Balaban J connectivity index is 1.46. The number of carbonyl (C=O) groups excluding carboxylic acids is 1. The fraction of sp³-hybridized carbons (Fsp3) is 0.360. The third-order valence-electron chi connectivity index (χ3n) is 6.57. The minimum absolute atomic E-state index is 0.203. The average molecular weight is 469 g/mol. The molecule has 1 aromatic heterocycles. The van der Waals surface area contributed by atoms with E-state index in [1.807, 2.05) is 28.0 Å². The number of hydrogen-bond acceptors (Lipinski definition) is 5. The number of amides is 1. The number of rotatable bonds is 4. The monoisotopic (exact) mass is 468 g/mol. The lowest BCUT2D eigenvalue weighted by Gasteiger charge is -2.44. The number of nitrogens with zero attached hydrogens (tertiary/aromatic N) is 3. The Morgan fingerprint density at radius 1 is 1.00 bits per heavy atom. The number of aromatic nitrogens is 1. The minimum atomic E-state index is -0.893. The van der Waals surface area contributed by atoms with Crippen LogP contribution in [-0.2, 0) is 4.74 Å². The van der Waals surface area contributed by atoms with Gasteiger partial charge in [-0.05, 0) is 18.2 Å². The van der Waals surface area contributed by atoms with Gasteiger partial charge in [0.05, 0.1) is 24.8 Å². The number of pyridine rings is 1. The lowest BCUT2D eigenvalue weighted by atomic mass is 10.0. The summed E-state index contributed by atoms with van der Waals surface area (Å²) in [5.41, 5.74) is 1.24. The fourth-order valence-corrected chi connectivity index (χ4v) is 4.81. The number of H-pyrrole nitrogens is 1. The number of ether oxygens (including phenoxy) is 1. The van der Waals surface area contributed by atoms with Crippen LogP contribution in [-0.4, -0.2) is 79.2 Å². The van der Waals surface area contributed by atoms with Crippen LogP contribution in [0.1, 0.15) is 10.4 Å². The van der Waals surface area contributed by atoms with Gasteiger partial charge < -0.3 is 19.5 Å². The lowest BCUT2D eigenvalue weighted by Crippen LogP contribution is -2.59. The molecule has 2 fully saturated rings. The highest BCUT2D eigenvalue weighted by Gasteiger charge is 2.34. The van der Waals surface area contributed by atoms with Gasteiger partial charge in [-0.3, -0.25) is 14.5 Å². The van der Waals surface area contributed by atoms with Crippen LogP contribution in [0, 0.1) is 11.6 Å². The number of fused-ring (bicyclic) bond motifs is 1. The molecule has 0 spiro atoms. The van der Waals surface area contributed by atoms with Crippen molar-refractivity contribution < 1.29 is 18.3 Å². The number of benzene rings is 2. The summed E-state index contributed by atoms with van der Waals surface area (Å²) in [5, 5.41) is 0.695. The van der Waals surface area contributed by atoms with Crippen LogP contribution in [0.25, 0.3) is 10.9 Å². The molecule has 1 atom stereocenters. The third kappa shape index (κ3) is 4.53. The molecule has 2 aliphatic heterocycles. The highest BCUT2D eigenvalue weighted by atomic mass is 19.2. The molecule has 1 unspecified atom stereocenters. The molecule has 1 N–H and O–H groups in total. The summed E-state index contributed by atoms with van der Waals surface area (Å²) < 4.78 is 32.8. The number of morpholine rings is 1. The molecule has 2 saturated heterocycles. The first-order valence-corrected chi connectivity index (χ1v) is 11.4. The van der Waals surface area contributed by atoms with Gasteiger partial charge in [-0.15, -0.1) is 0 Å². The quantitative estimate of drug-likeness (QED) is 0.637. The van der Waals surface area contributed by atoms with Crippen molar-refractivity contribution in [1.29, 1.82) is 0 Å². The molecule has 34 heavy (non-hydrogen) atoms. The van der Waals surface area contributed by atoms with Crippen LogP contribution in [0.2, 0.25) is 0 Å². The van der Waals surface area contributed by atoms with Gasteiger partial charge in [-0.2, -0.15) is 0 Å². The normalized spacial score (nSPS) is 19.5. The van der Waals surface area contributed by atoms with E-state index in [2.05, 4.69) is 9.88 Å². The van der Waals surface area contributed by atoms with Crippen molar-refractivity contribution in [3.63, 3.8) is 0 Å². The number of nitrogens with one attached hydrogen (secondary N) is 1. The zero-order chi connectivity index (χ0) is 23.7. The Labute approximate surface area is 195 Å². The maximum absolute atomic E-state index is 13.9. The standard InChI is InChI=1S/C25H26F2N4O3/c26-21-6-5-17(13-22(21)27)30-7-8-31(18(16-30)15-29-9-11-34-12-10-29)25(33)20-14-24(32)28-23-4-2-1-3-19(20)23/h1-6,13-14,18H,7-12,15-16H2,(H,28,32). The van der Waals surface area contributed by atoms with Crippen molar-refractivity contribution >= 4 is 22.5 Å². The van der Waals surface area contributed by atoms with Crippen LogP contribution in [0.3, 0.4) is 0 Å². The number of halogens is 2. The van der Waals surface area contributed by atoms with E-state index in [1.165, 1.54) is 12.1 Å². The van der Waals surface area contributed by atoms with E-state index in [9.17, 15) is 18.4 Å². The molecule has 0 radical (unpaired) electrons. The largest absolute Gasteiger partial charge is 0.379 e. The van der Waals surface area contributed by atoms with E-state index in [0.29, 0.717) is 61.5 Å². The smallest absolute Gasteiger partial charge is 0.255 e. The van der Waals surface area contributed by atoms with Gasteiger partial charge in [0, 0.05) is 68.0 Å². The molecular weight excluding hydrogens is 442 g/mol. The van der Waals surface area contributed by atoms with Crippen molar-refractivity contribution in [2.24, 2.45) is 0 Å². The lowest BCUT2D eigenvalue weighted by molar-refractivity contribution is 0.0204. The summed E-state index contributed by atoms with van der Waals surface area (Å²) in [6.45, 7) is 4.74. The molecule has 9 heteroatoms. The van der Waals surface area contributed by atoms with Crippen LogP contribution in [0.15, 0.2) is 53.3 Å². The molecule has 7 nitrogen and oxygen atoms in total. The van der Waals surface area contributed by atoms with Crippen molar-refractivity contribution in [3.05, 3.63) is 76.1 Å². The molecule has 2 aromatic carbocycles. The maximum atomic E-state index is 13.9. The van der Waals surface area contributed by atoms with Crippen molar-refractivity contribution in [1.82, 2.24) is 14.8 Å². The van der Waals surface area contributed by atoms with Gasteiger partial charge in [0.2, 0.25) is 5.56 Å². The zero-order valence-corrected chi connectivity index (χ0v) is 18.7. The molecule has 2 aliphatic rings. The van der Waals surface area contributed by atoms with E-state index < -0.39 is 11.6 Å². The van der Waals surface area contributed by atoms with Gasteiger partial charge in [0.1, 0.15) is 0 Å². The third-order valence-corrected chi connectivity index (χ3v) is 6.57.